The first-order valence-electron chi connectivity index (χ1n) is 3.77. The fourth-order valence-corrected chi connectivity index (χ4v) is 1.09. The van der Waals surface area contributed by atoms with Crippen LogP contribution in [-0.4, -0.2) is 25.8 Å². The van der Waals surface area contributed by atoms with Crippen molar-refractivity contribution >= 4 is 0 Å². The SMILES string of the molecule is C/C=C(/C#N)C1CNCCO1. The first kappa shape index (κ1) is 8.25. The number of ether oxygens (including phenoxy) is 1. The Labute approximate surface area is 66.7 Å². The monoisotopic (exact) mass is 152 g/mol. The predicted octanol–water partition coefficient (Wildman–Crippen LogP) is 0.445. The highest BCUT2D eigenvalue weighted by atomic mass is 16.5. The Hall–Kier alpha value is -0.850. The van der Waals surface area contributed by atoms with Gasteiger partial charge in [-0.2, -0.15) is 5.26 Å². The summed E-state index contributed by atoms with van der Waals surface area (Å²) in [5.41, 5.74) is 0.720. The first-order chi connectivity index (χ1) is 5.38. The number of hydrogen-bond donors (Lipinski definition) is 1. The van der Waals surface area contributed by atoms with E-state index < -0.39 is 0 Å². The molecule has 0 saturated carbocycles. The van der Waals surface area contributed by atoms with Crippen LogP contribution in [0.15, 0.2) is 11.6 Å². The second-order valence-electron chi connectivity index (χ2n) is 2.42. The molecule has 0 aliphatic carbocycles. The molecule has 0 amide bonds. The Balaban J connectivity index is 2.52. The molecular weight excluding hydrogens is 140 g/mol. The molecule has 3 heteroatoms. The molecule has 0 radical (unpaired) electrons. The molecule has 1 unspecified atom stereocenters. The normalized spacial score (nSPS) is 26.2. The number of morpholine rings is 1. The summed E-state index contributed by atoms with van der Waals surface area (Å²) in [5.74, 6) is 0. The van der Waals surface area contributed by atoms with Crippen LogP contribution in [-0.2, 0) is 4.74 Å². The van der Waals surface area contributed by atoms with Gasteiger partial charge in [0.25, 0.3) is 0 Å². The van der Waals surface area contributed by atoms with Crippen molar-refractivity contribution in [2.24, 2.45) is 0 Å². The average molecular weight is 152 g/mol. The number of nitriles is 1. The van der Waals surface area contributed by atoms with Gasteiger partial charge >= 0.3 is 0 Å². The van der Waals surface area contributed by atoms with Gasteiger partial charge in [0, 0.05) is 13.1 Å². The third kappa shape index (κ3) is 2.04. The summed E-state index contributed by atoms with van der Waals surface area (Å²) < 4.78 is 5.37. The van der Waals surface area contributed by atoms with Gasteiger partial charge in [-0.15, -0.1) is 0 Å². The molecule has 0 bridgehead atoms. The predicted molar refractivity (Wildman–Crippen MR) is 42.0 cm³/mol. The molecule has 60 valence electrons. The van der Waals surface area contributed by atoms with Gasteiger partial charge in [0.1, 0.15) is 6.10 Å². The van der Waals surface area contributed by atoms with Gasteiger partial charge in [0.2, 0.25) is 0 Å². The molecule has 1 atom stereocenters. The number of hydrogen-bond acceptors (Lipinski definition) is 3. The minimum absolute atomic E-state index is 0.0289. The fraction of sp³-hybridized carbons (Fsp3) is 0.625. The van der Waals surface area contributed by atoms with Gasteiger partial charge in [0.05, 0.1) is 18.2 Å². The highest BCUT2D eigenvalue weighted by Gasteiger charge is 2.16. The third-order valence-corrected chi connectivity index (χ3v) is 1.71. The number of rotatable bonds is 1. The third-order valence-electron chi connectivity index (χ3n) is 1.71. The molecule has 3 nitrogen and oxygen atoms in total. The number of nitrogens with one attached hydrogen (secondary N) is 1. The van der Waals surface area contributed by atoms with E-state index in [9.17, 15) is 0 Å². The van der Waals surface area contributed by atoms with Crippen molar-refractivity contribution in [3.05, 3.63) is 11.6 Å². The molecule has 1 heterocycles. The van der Waals surface area contributed by atoms with Crippen molar-refractivity contribution in [3.63, 3.8) is 0 Å². The van der Waals surface area contributed by atoms with Crippen LogP contribution in [0.3, 0.4) is 0 Å². The lowest BCUT2D eigenvalue weighted by molar-refractivity contribution is 0.0544. The van der Waals surface area contributed by atoms with Crippen molar-refractivity contribution in [1.82, 2.24) is 5.32 Å². The maximum absolute atomic E-state index is 8.65. The Bertz CT molecular complexity index is 187. The highest BCUT2D eigenvalue weighted by molar-refractivity contribution is 5.25. The van der Waals surface area contributed by atoms with Crippen molar-refractivity contribution < 1.29 is 4.74 Å². The molecule has 1 fully saturated rings. The van der Waals surface area contributed by atoms with Gasteiger partial charge in [-0.05, 0) is 6.92 Å². The molecule has 1 rings (SSSR count). The molecule has 0 spiro atoms. The van der Waals surface area contributed by atoms with Gasteiger partial charge < -0.3 is 10.1 Å². The first-order valence-corrected chi connectivity index (χ1v) is 3.77. The molecule has 1 aliphatic rings. The van der Waals surface area contributed by atoms with Crippen LogP contribution in [0.4, 0.5) is 0 Å². The van der Waals surface area contributed by atoms with Crippen molar-refractivity contribution in [1.29, 1.82) is 5.26 Å². The molecule has 0 aromatic carbocycles. The van der Waals surface area contributed by atoms with E-state index in [1.807, 2.05) is 6.92 Å². The van der Waals surface area contributed by atoms with E-state index in [0.29, 0.717) is 6.61 Å². The molecular formula is C8H12N2O. The number of nitrogens with zero attached hydrogens (tertiary/aromatic N) is 1. The quantitative estimate of drug-likeness (QED) is 0.555. The van der Waals surface area contributed by atoms with Gasteiger partial charge in [0.15, 0.2) is 0 Å². The van der Waals surface area contributed by atoms with Crippen molar-refractivity contribution in [2.45, 2.75) is 13.0 Å². The maximum Gasteiger partial charge on any atom is 0.104 e. The van der Waals surface area contributed by atoms with E-state index in [0.717, 1.165) is 18.7 Å². The standard InChI is InChI=1S/C8H12N2O/c1-2-7(5-9)8-6-10-3-4-11-8/h2,8,10H,3-4,6H2,1H3/b7-2-. The largest absolute Gasteiger partial charge is 0.370 e. The van der Waals surface area contributed by atoms with Crippen molar-refractivity contribution in [2.75, 3.05) is 19.7 Å². The lowest BCUT2D eigenvalue weighted by atomic mass is 10.1. The lowest BCUT2D eigenvalue weighted by Gasteiger charge is -2.22. The average Bonchev–Trinajstić information content (AvgIpc) is 2.09. The van der Waals surface area contributed by atoms with Gasteiger partial charge in [-0.1, -0.05) is 6.08 Å². The molecule has 11 heavy (non-hydrogen) atoms. The summed E-state index contributed by atoms with van der Waals surface area (Å²) in [5, 5.41) is 11.8. The molecule has 1 N–H and O–H groups in total. The second kappa shape index (κ2) is 4.12. The van der Waals surface area contributed by atoms with Crippen molar-refractivity contribution in [3.8, 4) is 6.07 Å². The topological polar surface area (TPSA) is 45.0 Å². The number of allylic oxidation sites excluding steroid dienone is 1. The van der Waals surface area contributed by atoms with E-state index in [-0.39, 0.29) is 6.10 Å². The van der Waals surface area contributed by atoms with Crippen LogP contribution in [0, 0.1) is 11.3 Å². The highest BCUT2D eigenvalue weighted by Crippen LogP contribution is 2.07. The van der Waals surface area contributed by atoms with Crippen LogP contribution in [0.1, 0.15) is 6.92 Å². The van der Waals surface area contributed by atoms with Crippen LogP contribution in [0.25, 0.3) is 0 Å². The summed E-state index contributed by atoms with van der Waals surface area (Å²) in [6.45, 7) is 4.20. The van der Waals surface area contributed by atoms with Gasteiger partial charge in [-0.3, -0.25) is 0 Å². The van der Waals surface area contributed by atoms with E-state index in [1.165, 1.54) is 0 Å². The van der Waals surface area contributed by atoms with Crippen LogP contribution in [0.5, 0.6) is 0 Å². The maximum atomic E-state index is 8.65. The van der Waals surface area contributed by atoms with E-state index in [4.69, 9.17) is 10.00 Å². The van der Waals surface area contributed by atoms with E-state index >= 15 is 0 Å². The Morgan fingerprint density at radius 2 is 2.64 bits per heavy atom. The summed E-state index contributed by atoms with van der Waals surface area (Å²) in [6, 6.07) is 2.12. The van der Waals surface area contributed by atoms with E-state index in [1.54, 1.807) is 6.08 Å². The molecule has 0 aromatic rings. The Morgan fingerprint density at radius 3 is 3.09 bits per heavy atom. The summed E-state index contributed by atoms with van der Waals surface area (Å²) >= 11 is 0. The molecule has 0 aromatic heterocycles. The van der Waals surface area contributed by atoms with E-state index in [2.05, 4.69) is 11.4 Å². The minimum atomic E-state index is -0.0289. The zero-order valence-corrected chi connectivity index (χ0v) is 6.63. The van der Waals surface area contributed by atoms with Gasteiger partial charge in [-0.25, -0.2) is 0 Å². The van der Waals surface area contributed by atoms with Crippen LogP contribution in [0.2, 0.25) is 0 Å². The van der Waals surface area contributed by atoms with Crippen LogP contribution >= 0.6 is 0 Å². The summed E-state index contributed by atoms with van der Waals surface area (Å²) in [7, 11) is 0. The summed E-state index contributed by atoms with van der Waals surface area (Å²) in [4.78, 5) is 0. The summed E-state index contributed by atoms with van der Waals surface area (Å²) in [6.07, 6.45) is 1.77. The second-order valence-corrected chi connectivity index (χ2v) is 2.42. The fourth-order valence-electron chi connectivity index (χ4n) is 1.09. The Morgan fingerprint density at radius 1 is 1.82 bits per heavy atom. The molecule has 1 saturated heterocycles. The zero-order chi connectivity index (χ0) is 8.10. The smallest absolute Gasteiger partial charge is 0.104 e. The Kier molecular flexibility index (Phi) is 3.09. The minimum Gasteiger partial charge on any atom is -0.370 e. The van der Waals surface area contributed by atoms with Crippen LogP contribution < -0.4 is 5.32 Å². The zero-order valence-electron chi connectivity index (χ0n) is 6.63. The molecule has 1 aliphatic heterocycles. The lowest BCUT2D eigenvalue weighted by Crippen LogP contribution is -2.39.